The first-order valence-electron chi connectivity index (χ1n) is 9.18. The van der Waals surface area contributed by atoms with Crippen molar-refractivity contribution < 1.29 is 9.53 Å². The third-order valence-corrected chi connectivity index (χ3v) is 5.49. The molecule has 0 bridgehead atoms. The maximum absolute atomic E-state index is 12.5. The number of thiazole rings is 1. The van der Waals surface area contributed by atoms with E-state index in [9.17, 15) is 4.79 Å². The monoisotopic (exact) mass is 415 g/mol. The Bertz CT molecular complexity index is 1030. The van der Waals surface area contributed by atoms with E-state index >= 15 is 0 Å². The van der Waals surface area contributed by atoms with Gasteiger partial charge in [0.15, 0.2) is 10.6 Å². The molecule has 0 aliphatic heterocycles. The number of amides is 1. The largest absolute Gasteiger partial charge is 0.491 e. The molecule has 2 N–H and O–H groups in total. The van der Waals surface area contributed by atoms with Gasteiger partial charge in [-0.15, -0.1) is 11.3 Å². The first-order chi connectivity index (χ1) is 13.5. The molecule has 0 atom stereocenters. The molecular weight excluding hydrogens is 394 g/mol. The number of nitrogens with one attached hydrogen (secondary N) is 2. The van der Waals surface area contributed by atoms with Gasteiger partial charge in [0.2, 0.25) is 0 Å². The summed E-state index contributed by atoms with van der Waals surface area (Å²) in [6, 6.07) is 8.14. The minimum atomic E-state index is -0.224. The van der Waals surface area contributed by atoms with E-state index in [4.69, 9.17) is 17.0 Å². The second-order valence-electron chi connectivity index (χ2n) is 6.96. The normalized spacial score (nSPS) is 13.7. The van der Waals surface area contributed by atoms with Crippen molar-refractivity contribution in [3.8, 4) is 16.3 Å². The second kappa shape index (κ2) is 7.84. The fourth-order valence-electron chi connectivity index (χ4n) is 2.88. The number of carbonyl (C=O) groups is 1. The third kappa shape index (κ3) is 4.15. The Labute approximate surface area is 171 Å². The lowest BCUT2D eigenvalue weighted by Gasteiger charge is -2.09. The summed E-state index contributed by atoms with van der Waals surface area (Å²) in [5.74, 6) is 1.34. The van der Waals surface area contributed by atoms with E-state index in [1.807, 2.05) is 42.7 Å². The second-order valence-corrected chi connectivity index (χ2v) is 8.20. The minimum Gasteiger partial charge on any atom is -0.491 e. The molecule has 2 heterocycles. The van der Waals surface area contributed by atoms with Crippen LogP contribution in [0.25, 0.3) is 10.6 Å². The van der Waals surface area contributed by atoms with Gasteiger partial charge in [0.25, 0.3) is 5.91 Å². The predicted octanol–water partition coefficient (Wildman–Crippen LogP) is 4.12. The van der Waals surface area contributed by atoms with Crippen LogP contribution in [-0.2, 0) is 6.54 Å². The van der Waals surface area contributed by atoms with Crippen molar-refractivity contribution >= 4 is 29.5 Å². The molecule has 1 aliphatic carbocycles. The van der Waals surface area contributed by atoms with Gasteiger partial charge < -0.3 is 10.1 Å². The number of hydrogen-bond acceptors (Lipinski definition) is 6. The van der Waals surface area contributed by atoms with Crippen molar-refractivity contribution in [3.63, 3.8) is 0 Å². The third-order valence-electron chi connectivity index (χ3n) is 4.31. The molecule has 0 radical (unpaired) electrons. The van der Waals surface area contributed by atoms with Gasteiger partial charge >= 0.3 is 0 Å². The fraction of sp³-hybridized carbons (Fsp3) is 0.368. The van der Waals surface area contributed by atoms with Crippen LogP contribution >= 0.6 is 23.6 Å². The lowest BCUT2D eigenvalue weighted by atomic mass is 10.2. The number of aromatic nitrogens is 4. The van der Waals surface area contributed by atoms with Gasteiger partial charge in [-0.3, -0.25) is 14.5 Å². The highest BCUT2D eigenvalue weighted by atomic mass is 32.1. The highest BCUT2D eigenvalue weighted by Crippen LogP contribution is 2.35. The fourth-order valence-corrected chi connectivity index (χ4v) is 3.99. The number of hydrogen-bond donors (Lipinski definition) is 2. The number of ether oxygens (including phenoxy) is 1. The summed E-state index contributed by atoms with van der Waals surface area (Å²) in [5, 5.41) is 12.5. The van der Waals surface area contributed by atoms with Crippen molar-refractivity contribution in [2.45, 2.75) is 45.4 Å². The summed E-state index contributed by atoms with van der Waals surface area (Å²) in [6.07, 6.45) is 2.34. The first-order valence-corrected chi connectivity index (χ1v) is 10.5. The van der Waals surface area contributed by atoms with Crippen LogP contribution in [0, 0.1) is 4.77 Å². The summed E-state index contributed by atoms with van der Waals surface area (Å²) < 4.78 is 8.25. The predicted molar refractivity (Wildman–Crippen MR) is 110 cm³/mol. The van der Waals surface area contributed by atoms with Gasteiger partial charge in [0.1, 0.15) is 16.5 Å². The zero-order chi connectivity index (χ0) is 19.7. The van der Waals surface area contributed by atoms with Gasteiger partial charge in [0.05, 0.1) is 12.6 Å². The minimum absolute atomic E-state index is 0.130. The zero-order valence-electron chi connectivity index (χ0n) is 15.6. The van der Waals surface area contributed by atoms with Crippen LogP contribution in [0.1, 0.15) is 49.0 Å². The summed E-state index contributed by atoms with van der Waals surface area (Å²) in [5.41, 5.74) is 1.35. The molecule has 1 saturated carbocycles. The molecular formula is C19H21N5O2S2. The van der Waals surface area contributed by atoms with Crippen LogP contribution in [0.15, 0.2) is 29.6 Å². The highest BCUT2D eigenvalue weighted by molar-refractivity contribution is 7.71. The Morgan fingerprint density at radius 3 is 2.82 bits per heavy atom. The van der Waals surface area contributed by atoms with Crippen LogP contribution in [0.5, 0.6) is 5.75 Å². The molecule has 1 fully saturated rings. The molecule has 1 aliphatic rings. The topological polar surface area (TPSA) is 84.8 Å². The molecule has 0 unspecified atom stereocenters. The van der Waals surface area contributed by atoms with E-state index in [2.05, 4.69) is 20.5 Å². The molecule has 4 rings (SSSR count). The average Bonchev–Trinajstić information content (AvgIpc) is 3.25. The van der Waals surface area contributed by atoms with E-state index in [0.29, 0.717) is 23.1 Å². The number of carbonyl (C=O) groups excluding carboxylic acids is 1. The van der Waals surface area contributed by atoms with E-state index in [1.165, 1.54) is 11.3 Å². The average molecular weight is 416 g/mol. The first kappa shape index (κ1) is 18.8. The quantitative estimate of drug-likeness (QED) is 0.567. The zero-order valence-corrected chi connectivity index (χ0v) is 17.3. The number of aromatic amines is 1. The maximum Gasteiger partial charge on any atom is 0.271 e. The Morgan fingerprint density at radius 1 is 1.39 bits per heavy atom. The van der Waals surface area contributed by atoms with Crippen LogP contribution in [0.3, 0.4) is 0 Å². The molecule has 28 heavy (non-hydrogen) atoms. The van der Waals surface area contributed by atoms with Gasteiger partial charge in [-0.1, -0.05) is 0 Å². The van der Waals surface area contributed by atoms with Gasteiger partial charge in [-0.05, 0) is 63.2 Å². The van der Waals surface area contributed by atoms with Crippen LogP contribution < -0.4 is 10.1 Å². The highest BCUT2D eigenvalue weighted by Gasteiger charge is 2.27. The van der Waals surface area contributed by atoms with E-state index < -0.39 is 0 Å². The van der Waals surface area contributed by atoms with E-state index in [-0.39, 0.29) is 12.0 Å². The Hall–Kier alpha value is -2.52. The SMILES string of the molecule is CC(C)Oc1ccc(-c2nc(C(=O)NCc3n[nH]c(=S)n3C3CC3)cs2)cc1. The van der Waals surface area contributed by atoms with Gasteiger partial charge in [-0.2, -0.15) is 5.10 Å². The van der Waals surface area contributed by atoms with E-state index in [0.717, 1.165) is 35.0 Å². The summed E-state index contributed by atoms with van der Waals surface area (Å²) in [4.78, 5) is 16.9. The van der Waals surface area contributed by atoms with Crippen molar-refractivity contribution in [1.29, 1.82) is 0 Å². The smallest absolute Gasteiger partial charge is 0.271 e. The molecule has 7 nitrogen and oxygen atoms in total. The lowest BCUT2D eigenvalue weighted by molar-refractivity contribution is 0.0945. The molecule has 146 valence electrons. The van der Waals surface area contributed by atoms with Crippen LogP contribution in [0.2, 0.25) is 0 Å². The molecule has 1 amide bonds. The molecule has 9 heteroatoms. The lowest BCUT2D eigenvalue weighted by Crippen LogP contribution is -2.25. The number of H-pyrrole nitrogens is 1. The summed E-state index contributed by atoms with van der Waals surface area (Å²) in [7, 11) is 0. The van der Waals surface area contributed by atoms with Crippen molar-refractivity contribution in [3.05, 3.63) is 45.9 Å². The molecule has 0 saturated heterocycles. The molecule has 0 spiro atoms. The molecule has 2 aromatic heterocycles. The standard InChI is InChI=1S/C19H21N5O2S2/c1-11(2)26-14-7-3-12(4-8-14)18-21-15(10-28-18)17(25)20-9-16-22-23-19(27)24(16)13-5-6-13/h3-4,7-8,10-11,13H,5-6,9H2,1-2H3,(H,20,25)(H,23,27). The van der Waals surface area contributed by atoms with E-state index in [1.54, 1.807) is 5.38 Å². The Balaban J connectivity index is 1.41. The number of benzene rings is 1. The van der Waals surface area contributed by atoms with Crippen LogP contribution in [0.4, 0.5) is 0 Å². The van der Waals surface area contributed by atoms with Gasteiger partial charge in [-0.25, -0.2) is 4.98 Å². The molecule has 3 aromatic rings. The van der Waals surface area contributed by atoms with Crippen molar-refractivity contribution in [2.75, 3.05) is 0 Å². The number of rotatable bonds is 7. The number of nitrogens with zero attached hydrogens (tertiary/aromatic N) is 3. The summed E-state index contributed by atoms with van der Waals surface area (Å²) in [6.45, 7) is 4.30. The van der Waals surface area contributed by atoms with Crippen molar-refractivity contribution in [1.82, 2.24) is 25.1 Å². The van der Waals surface area contributed by atoms with Crippen LogP contribution in [-0.4, -0.2) is 31.8 Å². The maximum atomic E-state index is 12.5. The Kier molecular flexibility index (Phi) is 5.27. The summed E-state index contributed by atoms with van der Waals surface area (Å²) >= 11 is 6.70. The Morgan fingerprint density at radius 2 is 2.14 bits per heavy atom. The van der Waals surface area contributed by atoms with Gasteiger partial charge in [0, 0.05) is 17.0 Å². The molecule has 1 aromatic carbocycles. The van der Waals surface area contributed by atoms with Crippen molar-refractivity contribution in [2.24, 2.45) is 0 Å².